The second-order valence-corrected chi connectivity index (χ2v) is 6.42. The molecule has 8 nitrogen and oxygen atoms in total. The first-order valence-corrected chi connectivity index (χ1v) is 8.90. The Morgan fingerprint density at radius 1 is 1.08 bits per heavy atom. The van der Waals surface area contributed by atoms with E-state index in [4.69, 9.17) is 0 Å². The Labute approximate surface area is 152 Å². The van der Waals surface area contributed by atoms with Crippen LogP contribution in [0.15, 0.2) is 29.4 Å². The number of hydrogen-bond acceptors (Lipinski definition) is 5. The van der Waals surface area contributed by atoms with Gasteiger partial charge in [0.15, 0.2) is 0 Å². The first kappa shape index (κ1) is 17.9. The van der Waals surface area contributed by atoms with E-state index in [9.17, 15) is 14.4 Å². The lowest BCUT2D eigenvalue weighted by atomic mass is 10.1. The molecule has 0 atom stereocenters. The van der Waals surface area contributed by atoms with Gasteiger partial charge in [-0.25, -0.2) is 5.43 Å². The van der Waals surface area contributed by atoms with Crippen LogP contribution in [0.2, 0.25) is 0 Å². The number of nitrogens with one attached hydrogen (secondary N) is 3. The summed E-state index contributed by atoms with van der Waals surface area (Å²) in [5, 5.41) is 8.96. The molecular weight excluding hydrogens is 334 g/mol. The molecule has 8 heteroatoms. The van der Waals surface area contributed by atoms with Crippen LogP contribution >= 0.6 is 0 Å². The highest BCUT2D eigenvalue weighted by molar-refractivity contribution is 6.39. The molecule has 2 aliphatic rings. The highest BCUT2D eigenvalue weighted by Gasteiger charge is 2.18. The number of piperidine rings is 1. The minimum Gasteiger partial charge on any atom is -0.372 e. The van der Waals surface area contributed by atoms with Crippen molar-refractivity contribution in [3.8, 4) is 0 Å². The van der Waals surface area contributed by atoms with Gasteiger partial charge in [-0.1, -0.05) is 0 Å². The summed E-state index contributed by atoms with van der Waals surface area (Å²) in [5.74, 6) is -0.975. The van der Waals surface area contributed by atoms with Gasteiger partial charge in [-0.15, -0.1) is 0 Å². The van der Waals surface area contributed by atoms with Gasteiger partial charge in [-0.3, -0.25) is 14.4 Å². The van der Waals surface area contributed by atoms with Crippen LogP contribution in [0.3, 0.4) is 0 Å². The van der Waals surface area contributed by atoms with E-state index in [-0.39, 0.29) is 36.9 Å². The van der Waals surface area contributed by atoms with Crippen molar-refractivity contribution in [3.05, 3.63) is 24.3 Å². The standard InChI is InChI=1S/C18H23N5O3/c24-16-9-8-15(21-22-16)18(26)19-12-17(25)20-13-4-6-14(7-5-13)23-10-2-1-3-11-23/h4-7H,1-3,8-12H2,(H,19,26)(H,20,25)(H,22,24). The Bertz CT molecular complexity index is 708. The van der Waals surface area contributed by atoms with E-state index in [2.05, 4.69) is 26.1 Å². The molecule has 3 rings (SSSR count). The van der Waals surface area contributed by atoms with Crippen LogP contribution in [-0.2, 0) is 14.4 Å². The summed E-state index contributed by atoms with van der Waals surface area (Å²) in [6.07, 6.45) is 4.22. The van der Waals surface area contributed by atoms with E-state index in [0.717, 1.165) is 18.8 Å². The van der Waals surface area contributed by atoms with E-state index >= 15 is 0 Å². The van der Waals surface area contributed by atoms with E-state index in [1.165, 1.54) is 19.3 Å². The van der Waals surface area contributed by atoms with Gasteiger partial charge in [0.1, 0.15) is 5.71 Å². The Balaban J connectivity index is 1.45. The third kappa shape index (κ3) is 4.81. The monoisotopic (exact) mass is 357 g/mol. The molecule has 3 amide bonds. The highest BCUT2D eigenvalue weighted by atomic mass is 16.2. The third-order valence-electron chi connectivity index (χ3n) is 4.45. The average molecular weight is 357 g/mol. The van der Waals surface area contributed by atoms with Crippen LogP contribution in [-0.4, -0.2) is 43.1 Å². The van der Waals surface area contributed by atoms with Crippen LogP contribution in [0.5, 0.6) is 0 Å². The van der Waals surface area contributed by atoms with Crippen molar-refractivity contribution in [2.45, 2.75) is 32.1 Å². The Hall–Kier alpha value is -2.90. The molecule has 3 N–H and O–H groups in total. The maximum absolute atomic E-state index is 12.0. The third-order valence-corrected chi connectivity index (χ3v) is 4.45. The van der Waals surface area contributed by atoms with Crippen molar-refractivity contribution in [1.29, 1.82) is 0 Å². The van der Waals surface area contributed by atoms with Gasteiger partial charge >= 0.3 is 0 Å². The zero-order valence-electron chi connectivity index (χ0n) is 14.6. The van der Waals surface area contributed by atoms with Gasteiger partial charge in [-0.05, 0) is 43.5 Å². The number of carbonyl (C=O) groups is 3. The average Bonchev–Trinajstić information content (AvgIpc) is 2.68. The molecule has 138 valence electrons. The summed E-state index contributed by atoms with van der Waals surface area (Å²) in [6, 6.07) is 7.73. The predicted molar refractivity (Wildman–Crippen MR) is 99.0 cm³/mol. The molecule has 0 radical (unpaired) electrons. The number of hydrazone groups is 1. The quantitative estimate of drug-likeness (QED) is 0.731. The molecule has 0 unspecified atom stereocenters. The lowest BCUT2D eigenvalue weighted by Crippen LogP contribution is -2.40. The number of nitrogens with zero attached hydrogens (tertiary/aromatic N) is 2. The zero-order valence-corrected chi connectivity index (χ0v) is 14.6. The Morgan fingerprint density at radius 3 is 2.46 bits per heavy atom. The molecule has 0 aliphatic carbocycles. The van der Waals surface area contributed by atoms with Crippen LogP contribution in [0.25, 0.3) is 0 Å². The maximum atomic E-state index is 12.0. The van der Waals surface area contributed by atoms with Crippen molar-refractivity contribution in [2.24, 2.45) is 5.10 Å². The second kappa shape index (κ2) is 8.46. The summed E-state index contributed by atoms with van der Waals surface area (Å²) < 4.78 is 0. The molecule has 2 aliphatic heterocycles. The maximum Gasteiger partial charge on any atom is 0.267 e. The molecule has 2 heterocycles. The van der Waals surface area contributed by atoms with Gasteiger partial charge in [-0.2, -0.15) is 5.10 Å². The SMILES string of the molecule is O=C1CCC(C(=O)NCC(=O)Nc2ccc(N3CCCCC3)cc2)=NN1. The van der Waals surface area contributed by atoms with Crippen LogP contribution in [0, 0.1) is 0 Å². The molecule has 1 aromatic rings. The number of hydrogen-bond donors (Lipinski definition) is 3. The first-order chi connectivity index (χ1) is 12.6. The normalized spacial score (nSPS) is 17.2. The predicted octanol–water partition coefficient (Wildman–Crippen LogP) is 0.998. The lowest BCUT2D eigenvalue weighted by molar-refractivity contribution is -0.122. The zero-order chi connectivity index (χ0) is 18.4. The fourth-order valence-corrected chi connectivity index (χ4v) is 3.01. The van der Waals surface area contributed by atoms with Crippen LogP contribution in [0.1, 0.15) is 32.1 Å². The summed E-state index contributed by atoms with van der Waals surface area (Å²) in [4.78, 5) is 37.2. The Kier molecular flexibility index (Phi) is 5.83. The van der Waals surface area contributed by atoms with E-state index in [0.29, 0.717) is 5.69 Å². The van der Waals surface area contributed by atoms with Gasteiger partial charge in [0.05, 0.1) is 6.54 Å². The topological polar surface area (TPSA) is 103 Å². The van der Waals surface area contributed by atoms with E-state index in [1.807, 2.05) is 24.3 Å². The highest BCUT2D eigenvalue weighted by Crippen LogP contribution is 2.21. The summed E-state index contributed by atoms with van der Waals surface area (Å²) in [7, 11) is 0. The number of anilines is 2. The van der Waals surface area contributed by atoms with E-state index < -0.39 is 5.91 Å². The van der Waals surface area contributed by atoms with Crippen LogP contribution in [0.4, 0.5) is 11.4 Å². The molecule has 0 aromatic heterocycles. The molecule has 0 saturated carbocycles. The largest absolute Gasteiger partial charge is 0.372 e. The van der Waals surface area contributed by atoms with Crippen molar-refractivity contribution in [2.75, 3.05) is 29.9 Å². The molecule has 0 spiro atoms. The smallest absolute Gasteiger partial charge is 0.267 e. The first-order valence-electron chi connectivity index (χ1n) is 8.90. The van der Waals surface area contributed by atoms with Crippen LogP contribution < -0.4 is 21.0 Å². The number of rotatable bonds is 5. The van der Waals surface area contributed by atoms with Gasteiger partial charge in [0.2, 0.25) is 11.8 Å². The van der Waals surface area contributed by atoms with E-state index in [1.54, 1.807) is 0 Å². The second-order valence-electron chi connectivity index (χ2n) is 6.42. The molecular formula is C18H23N5O3. The lowest BCUT2D eigenvalue weighted by Gasteiger charge is -2.28. The van der Waals surface area contributed by atoms with Crippen molar-refractivity contribution < 1.29 is 14.4 Å². The molecule has 1 aromatic carbocycles. The molecule has 1 saturated heterocycles. The molecule has 26 heavy (non-hydrogen) atoms. The minimum atomic E-state index is -0.444. The molecule has 0 bridgehead atoms. The van der Waals surface area contributed by atoms with Gasteiger partial charge in [0.25, 0.3) is 5.91 Å². The summed E-state index contributed by atoms with van der Waals surface area (Å²) in [6.45, 7) is 1.99. The van der Waals surface area contributed by atoms with Crippen molar-refractivity contribution >= 4 is 34.8 Å². The summed E-state index contributed by atoms with van der Waals surface area (Å²) in [5.41, 5.74) is 4.33. The number of carbonyl (C=O) groups excluding carboxylic acids is 3. The minimum absolute atomic E-state index is 0.153. The number of benzene rings is 1. The molecule has 1 fully saturated rings. The summed E-state index contributed by atoms with van der Waals surface area (Å²) >= 11 is 0. The number of amides is 3. The fourth-order valence-electron chi connectivity index (χ4n) is 3.01. The van der Waals surface area contributed by atoms with Gasteiger partial charge < -0.3 is 15.5 Å². The van der Waals surface area contributed by atoms with Gasteiger partial charge in [0, 0.05) is 37.3 Å². The fraction of sp³-hybridized carbons (Fsp3) is 0.444. The van der Waals surface area contributed by atoms with Crippen molar-refractivity contribution in [3.63, 3.8) is 0 Å². The Morgan fingerprint density at radius 2 is 1.81 bits per heavy atom. The van der Waals surface area contributed by atoms with Crippen molar-refractivity contribution in [1.82, 2.24) is 10.7 Å².